The van der Waals surface area contributed by atoms with Gasteiger partial charge in [0.1, 0.15) is 0 Å². The minimum atomic E-state index is -0.265. The maximum Gasteiger partial charge on any atom is 0.319 e. The Balaban J connectivity index is 1.89. The Labute approximate surface area is 186 Å². The molecule has 0 aromatic heterocycles. The summed E-state index contributed by atoms with van der Waals surface area (Å²) >= 11 is 6.27. The van der Waals surface area contributed by atoms with Gasteiger partial charge < -0.3 is 16.0 Å². The van der Waals surface area contributed by atoms with Crippen LogP contribution in [0.1, 0.15) is 57.8 Å². The Morgan fingerprint density at radius 1 is 1.10 bits per heavy atom. The minimum absolute atomic E-state index is 0.208. The van der Waals surface area contributed by atoms with Gasteiger partial charge >= 0.3 is 6.03 Å². The summed E-state index contributed by atoms with van der Waals surface area (Å²) in [5.74, 6) is 1.39. The summed E-state index contributed by atoms with van der Waals surface area (Å²) in [6.07, 6.45) is 2.43. The van der Waals surface area contributed by atoms with E-state index in [4.69, 9.17) is 11.6 Å². The Bertz CT molecular complexity index is 715. The fraction of sp³-hybridized carbons (Fsp3) is 0.652. The van der Waals surface area contributed by atoms with Crippen LogP contribution in [-0.4, -0.2) is 49.1 Å². The molecule has 2 rings (SSSR count). The lowest BCUT2D eigenvalue weighted by Crippen LogP contribution is -2.50. The molecule has 1 aliphatic heterocycles. The van der Waals surface area contributed by atoms with Crippen LogP contribution in [0.5, 0.6) is 0 Å². The molecule has 168 valence electrons. The molecule has 0 saturated carbocycles. The molecule has 1 fully saturated rings. The third-order valence-corrected chi connectivity index (χ3v) is 5.98. The molecule has 30 heavy (non-hydrogen) atoms. The van der Waals surface area contributed by atoms with Gasteiger partial charge in [-0.3, -0.25) is 9.69 Å². The molecular weight excluding hydrogens is 400 g/mol. The second-order valence-corrected chi connectivity index (χ2v) is 9.57. The maximum absolute atomic E-state index is 12.4. The van der Waals surface area contributed by atoms with E-state index in [-0.39, 0.29) is 11.9 Å². The number of nitrogens with one attached hydrogen (secondary N) is 3. The van der Waals surface area contributed by atoms with Gasteiger partial charge in [-0.2, -0.15) is 0 Å². The number of amides is 3. The number of anilines is 1. The number of hydrogen-bond donors (Lipinski definition) is 3. The quantitative estimate of drug-likeness (QED) is 0.557. The van der Waals surface area contributed by atoms with E-state index in [0.717, 1.165) is 19.0 Å². The van der Waals surface area contributed by atoms with E-state index in [0.29, 0.717) is 47.2 Å². The predicted octanol–water partition coefficient (Wildman–Crippen LogP) is 4.60. The van der Waals surface area contributed by atoms with Crippen molar-refractivity contribution in [3.05, 3.63) is 28.8 Å². The zero-order valence-electron chi connectivity index (χ0n) is 18.9. The third kappa shape index (κ3) is 7.47. The van der Waals surface area contributed by atoms with E-state index >= 15 is 0 Å². The van der Waals surface area contributed by atoms with Crippen LogP contribution in [0, 0.1) is 17.8 Å². The fourth-order valence-electron chi connectivity index (χ4n) is 3.69. The molecule has 1 aromatic carbocycles. The Kier molecular flexibility index (Phi) is 9.43. The van der Waals surface area contributed by atoms with Gasteiger partial charge in [-0.1, -0.05) is 46.2 Å². The maximum atomic E-state index is 12.4. The monoisotopic (exact) mass is 436 g/mol. The Morgan fingerprint density at radius 3 is 2.33 bits per heavy atom. The van der Waals surface area contributed by atoms with Gasteiger partial charge in [0, 0.05) is 24.8 Å². The predicted molar refractivity (Wildman–Crippen MR) is 124 cm³/mol. The van der Waals surface area contributed by atoms with Crippen LogP contribution in [0.4, 0.5) is 10.5 Å². The van der Waals surface area contributed by atoms with Crippen LogP contribution in [0.2, 0.25) is 5.02 Å². The summed E-state index contributed by atoms with van der Waals surface area (Å²) in [7, 11) is 0. The summed E-state index contributed by atoms with van der Waals surface area (Å²) < 4.78 is 0. The van der Waals surface area contributed by atoms with Crippen LogP contribution in [0.3, 0.4) is 0 Å². The van der Waals surface area contributed by atoms with Gasteiger partial charge in [-0.05, 0) is 61.9 Å². The Morgan fingerprint density at radius 2 is 1.77 bits per heavy atom. The summed E-state index contributed by atoms with van der Waals surface area (Å²) in [5, 5.41) is 8.98. The average molecular weight is 437 g/mol. The van der Waals surface area contributed by atoms with Gasteiger partial charge in [0.25, 0.3) is 5.91 Å². The zero-order chi connectivity index (χ0) is 22.3. The number of carbonyl (C=O) groups is 2. The molecule has 0 spiro atoms. The van der Waals surface area contributed by atoms with Crippen molar-refractivity contribution in [2.45, 2.75) is 53.5 Å². The van der Waals surface area contributed by atoms with Crippen LogP contribution in [0.15, 0.2) is 18.2 Å². The molecule has 0 aliphatic carbocycles. The lowest BCUT2D eigenvalue weighted by atomic mass is 9.94. The molecule has 1 heterocycles. The molecule has 1 aromatic rings. The molecule has 1 atom stereocenters. The number of likely N-dealkylation sites (tertiary alicyclic amines) is 1. The number of hydrogen-bond acceptors (Lipinski definition) is 3. The summed E-state index contributed by atoms with van der Waals surface area (Å²) in [5.41, 5.74) is 0.966. The molecule has 3 amide bonds. The topological polar surface area (TPSA) is 73.5 Å². The number of carbonyl (C=O) groups excluding carboxylic acids is 2. The van der Waals surface area contributed by atoms with Crippen molar-refractivity contribution in [1.29, 1.82) is 0 Å². The van der Waals surface area contributed by atoms with E-state index in [1.165, 1.54) is 12.8 Å². The van der Waals surface area contributed by atoms with Crippen molar-refractivity contribution in [3.63, 3.8) is 0 Å². The number of piperidine rings is 1. The standard InChI is InChI=1S/C23H37ClN4O2/c1-15(2)13-25-22(29)19-7-6-18(12-20(19)24)27-23(30)26-14-21(16(3)4)28-10-8-17(5)9-11-28/h6-7,12,15-17,21H,8-11,13-14H2,1-5H3,(H,25,29)(H2,26,27,30). The molecule has 6 nitrogen and oxygen atoms in total. The number of urea groups is 1. The van der Waals surface area contributed by atoms with Gasteiger partial charge in [0.2, 0.25) is 0 Å². The highest BCUT2D eigenvalue weighted by atomic mass is 35.5. The second kappa shape index (κ2) is 11.6. The summed E-state index contributed by atoms with van der Waals surface area (Å²) in [6.45, 7) is 14.1. The first-order chi connectivity index (χ1) is 14.2. The van der Waals surface area contributed by atoms with Crippen LogP contribution in [-0.2, 0) is 0 Å². The largest absolute Gasteiger partial charge is 0.352 e. The Hall–Kier alpha value is -1.79. The van der Waals surface area contributed by atoms with Crippen LogP contribution >= 0.6 is 11.6 Å². The SMILES string of the molecule is CC(C)CNC(=O)c1ccc(NC(=O)NCC(C(C)C)N2CCC(C)CC2)cc1Cl. The zero-order valence-corrected chi connectivity index (χ0v) is 19.7. The normalized spacial score (nSPS) is 16.5. The first kappa shape index (κ1) is 24.5. The smallest absolute Gasteiger partial charge is 0.319 e. The molecule has 1 aliphatic rings. The molecule has 0 bridgehead atoms. The first-order valence-corrected chi connectivity index (χ1v) is 11.4. The highest BCUT2D eigenvalue weighted by molar-refractivity contribution is 6.34. The van der Waals surface area contributed by atoms with Crippen molar-refractivity contribution < 1.29 is 9.59 Å². The minimum Gasteiger partial charge on any atom is -0.352 e. The van der Waals surface area contributed by atoms with Gasteiger partial charge in [-0.25, -0.2) is 4.79 Å². The van der Waals surface area contributed by atoms with Crippen molar-refractivity contribution in [3.8, 4) is 0 Å². The highest BCUT2D eigenvalue weighted by Gasteiger charge is 2.26. The fourth-order valence-corrected chi connectivity index (χ4v) is 3.95. The summed E-state index contributed by atoms with van der Waals surface area (Å²) in [4.78, 5) is 27.1. The van der Waals surface area contributed by atoms with E-state index in [2.05, 4.69) is 41.6 Å². The average Bonchev–Trinajstić information content (AvgIpc) is 2.67. The van der Waals surface area contributed by atoms with E-state index in [9.17, 15) is 9.59 Å². The van der Waals surface area contributed by atoms with Gasteiger partial charge in [0.15, 0.2) is 0 Å². The van der Waals surface area contributed by atoms with Gasteiger partial charge in [-0.15, -0.1) is 0 Å². The molecule has 1 unspecified atom stereocenters. The molecule has 3 N–H and O–H groups in total. The summed E-state index contributed by atoms with van der Waals surface area (Å²) in [6, 6.07) is 5.00. The molecule has 0 radical (unpaired) electrons. The number of benzene rings is 1. The number of halogens is 1. The van der Waals surface area contributed by atoms with E-state index in [1.807, 2.05) is 13.8 Å². The van der Waals surface area contributed by atoms with Crippen molar-refractivity contribution >= 4 is 29.2 Å². The highest BCUT2D eigenvalue weighted by Crippen LogP contribution is 2.22. The lowest BCUT2D eigenvalue weighted by molar-refractivity contribution is 0.0949. The number of nitrogens with zero attached hydrogens (tertiary/aromatic N) is 1. The van der Waals surface area contributed by atoms with Gasteiger partial charge in [0.05, 0.1) is 10.6 Å². The molecule has 1 saturated heterocycles. The van der Waals surface area contributed by atoms with Crippen LogP contribution in [0.25, 0.3) is 0 Å². The van der Waals surface area contributed by atoms with Crippen molar-refractivity contribution in [1.82, 2.24) is 15.5 Å². The second-order valence-electron chi connectivity index (χ2n) is 9.16. The third-order valence-electron chi connectivity index (χ3n) is 5.67. The molecular formula is C23H37ClN4O2. The molecule has 7 heteroatoms. The van der Waals surface area contributed by atoms with E-state index in [1.54, 1.807) is 18.2 Å². The first-order valence-electron chi connectivity index (χ1n) is 11.0. The number of rotatable bonds is 8. The van der Waals surface area contributed by atoms with Crippen LogP contribution < -0.4 is 16.0 Å². The van der Waals surface area contributed by atoms with Crippen molar-refractivity contribution in [2.75, 3.05) is 31.5 Å². The van der Waals surface area contributed by atoms with Crippen molar-refractivity contribution in [2.24, 2.45) is 17.8 Å². The lowest BCUT2D eigenvalue weighted by Gasteiger charge is -2.38. The van der Waals surface area contributed by atoms with E-state index < -0.39 is 0 Å².